The van der Waals surface area contributed by atoms with Gasteiger partial charge < -0.3 is 10.2 Å². The molecule has 0 unspecified atom stereocenters. The molecule has 3 heteroatoms. The number of rotatable bonds is 4. The Morgan fingerprint density at radius 3 is 2.73 bits per heavy atom. The predicted octanol–water partition coefficient (Wildman–Crippen LogP) is 2.35. The normalized spacial score (nSPS) is 27.7. The summed E-state index contributed by atoms with van der Waals surface area (Å²) in [6, 6.07) is 0. The lowest BCUT2D eigenvalue weighted by atomic mass is 9.85. The highest BCUT2D eigenvalue weighted by molar-refractivity contribution is 5.86. The molecule has 0 heterocycles. The molecule has 2 atom stereocenters. The Balaban J connectivity index is 2.43. The summed E-state index contributed by atoms with van der Waals surface area (Å²) >= 11 is 0. The molecule has 3 nitrogen and oxygen atoms in total. The first-order chi connectivity index (χ1) is 7.13. The molecule has 0 amide bonds. The van der Waals surface area contributed by atoms with Gasteiger partial charge in [-0.05, 0) is 38.0 Å². The Morgan fingerprint density at radius 1 is 1.47 bits per heavy atom. The van der Waals surface area contributed by atoms with Gasteiger partial charge in [0.1, 0.15) is 0 Å². The fourth-order valence-electron chi connectivity index (χ4n) is 2.17. The lowest BCUT2D eigenvalue weighted by molar-refractivity contribution is -0.132. The van der Waals surface area contributed by atoms with Crippen LogP contribution in [0.2, 0.25) is 0 Å². The Bertz CT molecular complexity index is 245. The van der Waals surface area contributed by atoms with Crippen LogP contribution in [0.5, 0.6) is 0 Å². The lowest BCUT2D eigenvalue weighted by Crippen LogP contribution is -2.19. The number of aliphatic hydroxyl groups excluding tert-OH is 1. The number of allylic oxidation sites excluding steroid dienone is 1. The van der Waals surface area contributed by atoms with E-state index in [1.54, 1.807) is 0 Å². The van der Waals surface area contributed by atoms with E-state index in [0.717, 1.165) is 32.1 Å². The molecule has 86 valence electrons. The predicted molar refractivity (Wildman–Crippen MR) is 58.6 cm³/mol. The van der Waals surface area contributed by atoms with E-state index < -0.39 is 5.97 Å². The summed E-state index contributed by atoms with van der Waals surface area (Å²) in [7, 11) is 0. The van der Waals surface area contributed by atoms with E-state index in [2.05, 4.69) is 0 Å². The summed E-state index contributed by atoms with van der Waals surface area (Å²) < 4.78 is 0. The molecule has 1 aliphatic rings. The number of carboxylic acids is 1. The molecule has 0 saturated heterocycles. The van der Waals surface area contributed by atoms with Crippen molar-refractivity contribution in [3.63, 3.8) is 0 Å². The zero-order chi connectivity index (χ0) is 11.3. The van der Waals surface area contributed by atoms with Crippen LogP contribution in [0.1, 0.15) is 45.4 Å². The number of hydrogen-bond acceptors (Lipinski definition) is 2. The van der Waals surface area contributed by atoms with E-state index in [1.807, 2.05) is 13.0 Å². The molecule has 1 fully saturated rings. The van der Waals surface area contributed by atoms with Gasteiger partial charge in [0.05, 0.1) is 6.10 Å². The standard InChI is InChI=1S/C12H20O3/c1-2-10(12(14)15)7-6-9-4-3-5-11(13)8-9/h7,9,11,13H,2-6,8H2,1H3,(H,14,15)/t9-,11-/m1/s1. The fraction of sp³-hybridized carbons (Fsp3) is 0.750. The van der Waals surface area contributed by atoms with Crippen molar-refractivity contribution in [1.29, 1.82) is 0 Å². The van der Waals surface area contributed by atoms with E-state index in [4.69, 9.17) is 5.11 Å². The van der Waals surface area contributed by atoms with Crippen molar-refractivity contribution in [3.8, 4) is 0 Å². The quantitative estimate of drug-likeness (QED) is 0.703. The van der Waals surface area contributed by atoms with Crippen LogP contribution in [0.3, 0.4) is 0 Å². The second-order valence-electron chi connectivity index (χ2n) is 4.31. The Hall–Kier alpha value is -0.830. The molecule has 2 N–H and O–H groups in total. The van der Waals surface area contributed by atoms with Gasteiger partial charge in [0.2, 0.25) is 0 Å². The van der Waals surface area contributed by atoms with E-state index >= 15 is 0 Å². The van der Waals surface area contributed by atoms with Crippen LogP contribution in [0.25, 0.3) is 0 Å². The van der Waals surface area contributed by atoms with Crippen LogP contribution in [-0.2, 0) is 4.79 Å². The average molecular weight is 212 g/mol. The summed E-state index contributed by atoms with van der Waals surface area (Å²) in [5, 5.41) is 18.3. The second-order valence-corrected chi connectivity index (χ2v) is 4.31. The Kier molecular flexibility index (Phi) is 4.82. The average Bonchev–Trinajstić information content (AvgIpc) is 2.18. The fourth-order valence-corrected chi connectivity index (χ4v) is 2.17. The molecular weight excluding hydrogens is 192 g/mol. The first-order valence-electron chi connectivity index (χ1n) is 5.73. The minimum atomic E-state index is -0.811. The molecule has 0 radical (unpaired) electrons. The minimum Gasteiger partial charge on any atom is -0.478 e. The highest BCUT2D eigenvalue weighted by atomic mass is 16.4. The number of hydrogen-bond donors (Lipinski definition) is 2. The lowest BCUT2D eigenvalue weighted by Gasteiger charge is -2.24. The van der Waals surface area contributed by atoms with Gasteiger partial charge in [0.25, 0.3) is 0 Å². The zero-order valence-electron chi connectivity index (χ0n) is 9.28. The van der Waals surface area contributed by atoms with Crippen molar-refractivity contribution >= 4 is 5.97 Å². The number of aliphatic carboxylic acids is 1. The molecule has 15 heavy (non-hydrogen) atoms. The minimum absolute atomic E-state index is 0.174. The number of aliphatic hydroxyl groups is 1. The maximum Gasteiger partial charge on any atom is 0.331 e. The third-order valence-electron chi connectivity index (χ3n) is 3.11. The number of carboxylic acid groups (broad SMARTS) is 1. The van der Waals surface area contributed by atoms with Crippen molar-refractivity contribution in [2.75, 3.05) is 0 Å². The van der Waals surface area contributed by atoms with Gasteiger partial charge >= 0.3 is 5.97 Å². The largest absolute Gasteiger partial charge is 0.478 e. The van der Waals surface area contributed by atoms with Crippen molar-refractivity contribution < 1.29 is 15.0 Å². The van der Waals surface area contributed by atoms with Crippen molar-refractivity contribution in [2.45, 2.75) is 51.6 Å². The smallest absolute Gasteiger partial charge is 0.331 e. The Labute approximate surface area is 90.8 Å². The molecule has 0 aromatic rings. The van der Waals surface area contributed by atoms with Crippen molar-refractivity contribution in [3.05, 3.63) is 11.6 Å². The highest BCUT2D eigenvalue weighted by Gasteiger charge is 2.19. The first kappa shape index (κ1) is 12.2. The van der Waals surface area contributed by atoms with E-state index in [0.29, 0.717) is 17.9 Å². The van der Waals surface area contributed by atoms with Gasteiger partial charge in [-0.3, -0.25) is 0 Å². The van der Waals surface area contributed by atoms with Crippen LogP contribution >= 0.6 is 0 Å². The molecule has 0 aromatic carbocycles. The molecule has 0 spiro atoms. The topological polar surface area (TPSA) is 57.5 Å². The van der Waals surface area contributed by atoms with Crippen LogP contribution in [0, 0.1) is 5.92 Å². The number of carbonyl (C=O) groups is 1. The van der Waals surface area contributed by atoms with Crippen LogP contribution in [-0.4, -0.2) is 22.3 Å². The third-order valence-corrected chi connectivity index (χ3v) is 3.11. The maximum atomic E-state index is 10.7. The Morgan fingerprint density at radius 2 is 2.20 bits per heavy atom. The van der Waals surface area contributed by atoms with Gasteiger partial charge in [0.15, 0.2) is 0 Å². The molecule has 0 aliphatic heterocycles. The molecule has 1 saturated carbocycles. The van der Waals surface area contributed by atoms with Crippen LogP contribution in [0.15, 0.2) is 11.6 Å². The molecule has 0 aromatic heterocycles. The van der Waals surface area contributed by atoms with Gasteiger partial charge in [-0.1, -0.05) is 19.4 Å². The third kappa shape index (κ3) is 4.04. The van der Waals surface area contributed by atoms with Gasteiger partial charge in [0, 0.05) is 5.57 Å². The maximum absolute atomic E-state index is 10.7. The van der Waals surface area contributed by atoms with Gasteiger partial charge in [-0.25, -0.2) is 4.79 Å². The summed E-state index contributed by atoms with van der Waals surface area (Å²) in [5.74, 6) is -0.344. The first-order valence-corrected chi connectivity index (χ1v) is 5.73. The molecule has 1 aliphatic carbocycles. The SMILES string of the molecule is CCC(=CC[C@H]1CCC[C@@H](O)C1)C(=O)O. The van der Waals surface area contributed by atoms with Crippen LogP contribution < -0.4 is 0 Å². The van der Waals surface area contributed by atoms with Crippen LogP contribution in [0.4, 0.5) is 0 Å². The van der Waals surface area contributed by atoms with E-state index in [-0.39, 0.29) is 6.10 Å². The van der Waals surface area contributed by atoms with Gasteiger partial charge in [-0.2, -0.15) is 0 Å². The summed E-state index contributed by atoms with van der Waals surface area (Å²) in [6.45, 7) is 1.86. The summed E-state index contributed by atoms with van der Waals surface area (Å²) in [5.41, 5.74) is 0.495. The van der Waals surface area contributed by atoms with Crippen molar-refractivity contribution in [2.24, 2.45) is 5.92 Å². The monoisotopic (exact) mass is 212 g/mol. The van der Waals surface area contributed by atoms with E-state index in [9.17, 15) is 9.90 Å². The second kappa shape index (κ2) is 5.91. The highest BCUT2D eigenvalue weighted by Crippen LogP contribution is 2.27. The zero-order valence-corrected chi connectivity index (χ0v) is 9.28. The summed E-state index contributed by atoms with van der Waals surface area (Å²) in [6.07, 6.45) is 6.93. The molecule has 1 rings (SSSR count). The summed E-state index contributed by atoms with van der Waals surface area (Å²) in [4.78, 5) is 10.7. The molecule has 0 bridgehead atoms. The van der Waals surface area contributed by atoms with E-state index in [1.165, 1.54) is 0 Å². The molecular formula is C12H20O3. The van der Waals surface area contributed by atoms with Gasteiger partial charge in [-0.15, -0.1) is 0 Å². The van der Waals surface area contributed by atoms with Crippen molar-refractivity contribution in [1.82, 2.24) is 0 Å².